The Kier molecular flexibility index (Phi) is 3.52. The molecule has 18 heavy (non-hydrogen) atoms. The molecule has 2 amide bonds. The van der Waals surface area contributed by atoms with Crippen LogP contribution in [0.1, 0.15) is 10.4 Å². The molecule has 2 N–H and O–H groups in total. The number of ether oxygens (including phenoxy) is 1. The number of methoxy groups -OCH3 is 1. The Bertz CT molecular complexity index is 500. The normalized spacial score (nSPS) is 18.4. The number of rotatable bonds is 3. The molecule has 1 aliphatic heterocycles. The summed E-state index contributed by atoms with van der Waals surface area (Å²) in [7, 11) is 1.31. The van der Waals surface area contributed by atoms with E-state index in [0.29, 0.717) is 11.3 Å². The summed E-state index contributed by atoms with van der Waals surface area (Å²) in [6, 6.07) is 6.44. The topological polar surface area (TPSA) is 84.5 Å². The van der Waals surface area contributed by atoms with Gasteiger partial charge in [-0.1, -0.05) is 0 Å². The van der Waals surface area contributed by atoms with E-state index in [1.165, 1.54) is 7.11 Å². The zero-order chi connectivity index (χ0) is 13.1. The molecule has 0 aromatic heterocycles. The third-order valence-electron chi connectivity index (χ3n) is 2.29. The molecule has 1 unspecified atom stereocenters. The van der Waals surface area contributed by atoms with Crippen LogP contribution in [0.15, 0.2) is 24.3 Å². The van der Waals surface area contributed by atoms with E-state index < -0.39 is 11.3 Å². The van der Waals surface area contributed by atoms with Crippen LogP contribution in [0.2, 0.25) is 0 Å². The minimum atomic E-state index is -0.638. The molecule has 2 rings (SSSR count). The van der Waals surface area contributed by atoms with Crippen LogP contribution >= 0.6 is 11.8 Å². The van der Waals surface area contributed by atoms with Crippen LogP contribution in [-0.4, -0.2) is 29.6 Å². The Morgan fingerprint density at radius 1 is 1.33 bits per heavy atom. The molecule has 0 radical (unpaired) electrons. The molecule has 1 fully saturated rings. The fourth-order valence-electron chi connectivity index (χ4n) is 1.42. The fraction of sp³-hybridized carbons (Fsp3) is 0.182. The van der Waals surface area contributed by atoms with E-state index in [4.69, 9.17) is 0 Å². The third-order valence-corrected chi connectivity index (χ3v) is 3.18. The lowest BCUT2D eigenvalue weighted by Gasteiger charge is -2.10. The van der Waals surface area contributed by atoms with Crippen LogP contribution in [0.5, 0.6) is 0 Å². The molecule has 0 spiro atoms. The number of thioether (sulfide) groups is 1. The second kappa shape index (κ2) is 5.09. The standard InChI is InChI=1S/C11H10N2O4S/c1-17-10(15)6-2-4-7(5-3-6)12-9-8(14)13-11(16)18-9/h2-5,9,12H,1H3,(H,13,14,16). The first-order valence-corrected chi connectivity index (χ1v) is 5.94. The monoisotopic (exact) mass is 266 g/mol. The first-order chi connectivity index (χ1) is 8.60. The van der Waals surface area contributed by atoms with E-state index >= 15 is 0 Å². The van der Waals surface area contributed by atoms with Crippen LogP contribution in [0, 0.1) is 0 Å². The molecule has 1 aliphatic rings. The van der Waals surface area contributed by atoms with Gasteiger partial charge in [-0.3, -0.25) is 14.9 Å². The number of hydrogen-bond acceptors (Lipinski definition) is 6. The van der Waals surface area contributed by atoms with Crippen molar-refractivity contribution in [2.45, 2.75) is 5.37 Å². The number of carbonyl (C=O) groups is 3. The van der Waals surface area contributed by atoms with Crippen LogP contribution in [-0.2, 0) is 9.53 Å². The molecule has 94 valence electrons. The van der Waals surface area contributed by atoms with Crippen LogP contribution in [0.4, 0.5) is 10.5 Å². The Balaban J connectivity index is 2.04. The average Bonchev–Trinajstić information content (AvgIpc) is 2.68. The third kappa shape index (κ3) is 2.62. The SMILES string of the molecule is COC(=O)c1ccc(NC2SC(=O)NC2=O)cc1. The second-order valence-electron chi connectivity index (χ2n) is 3.49. The van der Waals surface area contributed by atoms with Gasteiger partial charge in [0.25, 0.3) is 11.1 Å². The van der Waals surface area contributed by atoms with Crippen molar-refractivity contribution in [1.82, 2.24) is 5.32 Å². The van der Waals surface area contributed by atoms with Gasteiger partial charge >= 0.3 is 5.97 Å². The van der Waals surface area contributed by atoms with E-state index in [-0.39, 0.29) is 11.1 Å². The number of esters is 1. The highest BCUT2D eigenvalue weighted by molar-refractivity contribution is 8.15. The second-order valence-corrected chi connectivity index (χ2v) is 4.57. The summed E-state index contributed by atoms with van der Waals surface area (Å²) in [6.07, 6.45) is 0. The number of benzene rings is 1. The van der Waals surface area contributed by atoms with Gasteiger partial charge in [-0.2, -0.15) is 0 Å². The molecule has 1 atom stereocenters. The number of imide groups is 1. The molecule has 1 aromatic rings. The summed E-state index contributed by atoms with van der Waals surface area (Å²) in [5.41, 5.74) is 1.06. The van der Waals surface area contributed by atoms with E-state index in [1.54, 1.807) is 24.3 Å². The number of nitrogens with one attached hydrogen (secondary N) is 2. The maximum Gasteiger partial charge on any atom is 0.337 e. The summed E-state index contributed by atoms with van der Waals surface area (Å²) in [6.45, 7) is 0. The molecule has 7 heteroatoms. The van der Waals surface area contributed by atoms with Gasteiger partial charge in [-0.05, 0) is 36.0 Å². The van der Waals surface area contributed by atoms with E-state index in [1.807, 2.05) is 0 Å². The number of hydrogen-bond donors (Lipinski definition) is 2. The van der Waals surface area contributed by atoms with E-state index in [2.05, 4.69) is 15.4 Å². The smallest absolute Gasteiger partial charge is 0.337 e. The predicted octanol–water partition coefficient (Wildman–Crippen LogP) is 1.19. The Morgan fingerprint density at radius 3 is 2.50 bits per heavy atom. The van der Waals surface area contributed by atoms with Gasteiger partial charge in [0, 0.05) is 5.69 Å². The van der Waals surface area contributed by atoms with E-state index in [0.717, 1.165) is 11.8 Å². The maximum absolute atomic E-state index is 11.3. The lowest BCUT2D eigenvalue weighted by Crippen LogP contribution is -2.29. The Labute approximate surface area is 107 Å². The highest BCUT2D eigenvalue weighted by Crippen LogP contribution is 2.21. The highest BCUT2D eigenvalue weighted by atomic mass is 32.2. The summed E-state index contributed by atoms with van der Waals surface area (Å²) in [5.74, 6) is -0.799. The zero-order valence-electron chi connectivity index (χ0n) is 9.43. The van der Waals surface area contributed by atoms with Crippen molar-refractivity contribution >= 4 is 34.6 Å². The molecule has 0 bridgehead atoms. The van der Waals surface area contributed by atoms with Crippen molar-refractivity contribution < 1.29 is 19.1 Å². The summed E-state index contributed by atoms with van der Waals surface area (Å²) >= 11 is 0.881. The molecule has 0 aliphatic carbocycles. The highest BCUT2D eigenvalue weighted by Gasteiger charge is 2.31. The van der Waals surface area contributed by atoms with Crippen LogP contribution in [0.25, 0.3) is 0 Å². The minimum Gasteiger partial charge on any atom is -0.465 e. The van der Waals surface area contributed by atoms with Crippen LogP contribution < -0.4 is 10.6 Å². The van der Waals surface area contributed by atoms with Gasteiger partial charge in [0.05, 0.1) is 12.7 Å². The number of anilines is 1. The number of amides is 2. The minimum absolute atomic E-state index is 0.372. The van der Waals surface area contributed by atoms with Gasteiger partial charge in [-0.25, -0.2) is 4.79 Å². The van der Waals surface area contributed by atoms with Crippen LogP contribution in [0.3, 0.4) is 0 Å². The maximum atomic E-state index is 11.3. The first-order valence-electron chi connectivity index (χ1n) is 5.06. The average molecular weight is 266 g/mol. The van der Waals surface area contributed by atoms with Gasteiger partial charge in [0.15, 0.2) is 5.37 Å². The Morgan fingerprint density at radius 2 is 2.00 bits per heavy atom. The molecule has 1 aromatic carbocycles. The van der Waals surface area contributed by atoms with Crippen molar-refractivity contribution in [3.8, 4) is 0 Å². The van der Waals surface area contributed by atoms with Gasteiger partial charge in [-0.15, -0.1) is 0 Å². The van der Waals surface area contributed by atoms with Crippen molar-refractivity contribution in [3.63, 3.8) is 0 Å². The molecular weight excluding hydrogens is 256 g/mol. The van der Waals surface area contributed by atoms with Crippen molar-refractivity contribution in [2.24, 2.45) is 0 Å². The van der Waals surface area contributed by atoms with Gasteiger partial charge in [0.1, 0.15) is 0 Å². The van der Waals surface area contributed by atoms with E-state index in [9.17, 15) is 14.4 Å². The number of carbonyl (C=O) groups excluding carboxylic acids is 3. The lowest BCUT2D eigenvalue weighted by atomic mass is 10.2. The van der Waals surface area contributed by atoms with Gasteiger partial charge in [0.2, 0.25) is 0 Å². The van der Waals surface area contributed by atoms with Crippen molar-refractivity contribution in [2.75, 3.05) is 12.4 Å². The molecule has 1 heterocycles. The zero-order valence-corrected chi connectivity index (χ0v) is 10.2. The first kappa shape index (κ1) is 12.4. The largest absolute Gasteiger partial charge is 0.465 e. The molecule has 1 saturated heterocycles. The Hall–Kier alpha value is -2.02. The fourth-order valence-corrected chi connectivity index (χ4v) is 2.16. The molecule has 0 saturated carbocycles. The predicted molar refractivity (Wildman–Crippen MR) is 66.3 cm³/mol. The quantitative estimate of drug-likeness (QED) is 0.799. The van der Waals surface area contributed by atoms with Gasteiger partial charge < -0.3 is 10.1 Å². The lowest BCUT2D eigenvalue weighted by molar-refractivity contribution is -0.118. The summed E-state index contributed by atoms with van der Waals surface area (Å²) in [5, 5.41) is 4.05. The molecule has 6 nitrogen and oxygen atoms in total. The summed E-state index contributed by atoms with van der Waals surface area (Å²) < 4.78 is 4.57. The van der Waals surface area contributed by atoms with Crippen molar-refractivity contribution in [3.05, 3.63) is 29.8 Å². The molecular formula is C11H10N2O4S. The van der Waals surface area contributed by atoms with Crippen molar-refractivity contribution in [1.29, 1.82) is 0 Å². The summed E-state index contributed by atoms with van der Waals surface area (Å²) in [4.78, 5) is 33.5.